The third-order valence-electron chi connectivity index (χ3n) is 11.4. The molecule has 0 fully saturated rings. The van der Waals surface area contributed by atoms with Gasteiger partial charge in [0, 0.05) is 45.7 Å². The van der Waals surface area contributed by atoms with E-state index < -0.39 is 0 Å². The highest BCUT2D eigenvalue weighted by molar-refractivity contribution is 6.11. The second kappa shape index (κ2) is 12.4. The summed E-state index contributed by atoms with van der Waals surface area (Å²) in [4.78, 5) is 2.33. The highest BCUT2D eigenvalue weighted by Crippen LogP contribution is 2.46. The van der Waals surface area contributed by atoms with Crippen molar-refractivity contribution in [3.8, 4) is 22.3 Å². The molecular weight excluding hydrogens is 655 g/mol. The third-order valence-corrected chi connectivity index (χ3v) is 11.4. The van der Waals surface area contributed by atoms with E-state index in [4.69, 9.17) is 4.42 Å². The maximum Gasteiger partial charge on any atom is 0.137 e. The van der Waals surface area contributed by atoms with Crippen LogP contribution in [-0.2, 0) is 0 Å². The molecule has 54 heavy (non-hydrogen) atoms. The van der Waals surface area contributed by atoms with Crippen LogP contribution in [0.25, 0.3) is 71.8 Å². The van der Waals surface area contributed by atoms with Gasteiger partial charge in [-0.2, -0.15) is 0 Å². The van der Waals surface area contributed by atoms with Crippen molar-refractivity contribution >= 4 is 66.6 Å². The van der Waals surface area contributed by atoms with Crippen LogP contribution < -0.4 is 4.90 Å². The summed E-state index contributed by atoms with van der Waals surface area (Å²) < 4.78 is 6.56. The van der Waals surface area contributed by atoms with Crippen molar-refractivity contribution in [1.82, 2.24) is 0 Å². The van der Waals surface area contributed by atoms with E-state index in [1.807, 2.05) is 0 Å². The fraction of sp³-hybridized carbons (Fsp3) is 0.0385. The van der Waals surface area contributed by atoms with Crippen LogP contribution in [0, 0.1) is 5.92 Å². The Balaban J connectivity index is 1.03. The van der Waals surface area contributed by atoms with E-state index in [1.54, 1.807) is 0 Å². The number of hydrogen-bond acceptors (Lipinski definition) is 2. The summed E-state index contributed by atoms with van der Waals surface area (Å²) in [5.41, 5.74) is 12.6. The molecule has 0 radical (unpaired) electrons. The first-order valence-electron chi connectivity index (χ1n) is 18.8. The van der Waals surface area contributed by atoms with E-state index in [0.717, 1.165) is 39.0 Å². The van der Waals surface area contributed by atoms with Crippen molar-refractivity contribution in [2.75, 3.05) is 4.90 Å². The third kappa shape index (κ3) is 5.03. The molecule has 0 aliphatic heterocycles. The average molecular weight is 690 g/mol. The number of anilines is 3. The minimum Gasteiger partial charge on any atom is -0.456 e. The van der Waals surface area contributed by atoms with Gasteiger partial charge in [-0.05, 0) is 110 Å². The summed E-state index contributed by atoms with van der Waals surface area (Å²) in [7, 11) is 0. The lowest BCUT2D eigenvalue weighted by Crippen LogP contribution is -2.14. The van der Waals surface area contributed by atoms with Crippen LogP contribution in [0.4, 0.5) is 17.1 Å². The topological polar surface area (TPSA) is 16.4 Å². The molecule has 1 aromatic heterocycles. The normalized spacial score (nSPS) is 15.9. The molecule has 0 saturated heterocycles. The fourth-order valence-electron chi connectivity index (χ4n) is 8.74. The molecule has 2 nitrogen and oxygen atoms in total. The number of furan rings is 1. The SMILES string of the molecule is C1=CC2C=Cc3cc(-c4ccc(N(c5ccc(-c6ccccc6)cc5)c5ccc6c(c5)oc5cc7ccccc7cc56)cc4)c4ccccc4c3C2C=C1. The number of allylic oxidation sites excluding steroid dienone is 5. The van der Waals surface area contributed by atoms with Gasteiger partial charge >= 0.3 is 0 Å². The molecule has 2 atom stereocenters. The number of hydrogen-bond donors (Lipinski definition) is 0. The van der Waals surface area contributed by atoms with Gasteiger partial charge in [-0.1, -0.05) is 140 Å². The lowest BCUT2D eigenvalue weighted by atomic mass is 9.74. The Labute approximate surface area is 314 Å². The Morgan fingerprint density at radius 2 is 1.06 bits per heavy atom. The molecule has 2 aliphatic rings. The van der Waals surface area contributed by atoms with Gasteiger partial charge in [-0.25, -0.2) is 0 Å². The zero-order valence-corrected chi connectivity index (χ0v) is 29.6. The Morgan fingerprint density at radius 1 is 0.426 bits per heavy atom. The number of nitrogens with zero attached hydrogens (tertiary/aromatic N) is 1. The zero-order chi connectivity index (χ0) is 35.6. The first-order chi connectivity index (χ1) is 26.7. The molecule has 0 N–H and O–H groups in total. The van der Waals surface area contributed by atoms with Crippen molar-refractivity contribution < 1.29 is 4.42 Å². The molecule has 11 rings (SSSR count). The van der Waals surface area contributed by atoms with Crippen LogP contribution in [0.5, 0.6) is 0 Å². The van der Waals surface area contributed by atoms with Gasteiger partial charge in [-0.3, -0.25) is 0 Å². The van der Waals surface area contributed by atoms with Gasteiger partial charge in [0.1, 0.15) is 11.2 Å². The summed E-state index contributed by atoms with van der Waals surface area (Å²) >= 11 is 0. The summed E-state index contributed by atoms with van der Waals surface area (Å²) in [5, 5.41) is 7.27. The van der Waals surface area contributed by atoms with Gasteiger partial charge in [0.25, 0.3) is 0 Å². The molecule has 2 heteroatoms. The molecule has 1 heterocycles. The second-order valence-electron chi connectivity index (χ2n) is 14.5. The highest BCUT2D eigenvalue weighted by Gasteiger charge is 2.27. The van der Waals surface area contributed by atoms with E-state index in [9.17, 15) is 0 Å². The van der Waals surface area contributed by atoms with Crippen molar-refractivity contribution in [2.24, 2.45) is 5.92 Å². The van der Waals surface area contributed by atoms with Crippen LogP contribution in [0.1, 0.15) is 17.0 Å². The minimum atomic E-state index is 0.362. The molecule has 0 spiro atoms. The van der Waals surface area contributed by atoms with Crippen molar-refractivity contribution in [1.29, 1.82) is 0 Å². The maximum absolute atomic E-state index is 6.56. The summed E-state index contributed by atoms with van der Waals surface area (Å²) in [6, 6.07) is 59.3. The van der Waals surface area contributed by atoms with E-state index in [0.29, 0.717) is 11.8 Å². The van der Waals surface area contributed by atoms with Crippen molar-refractivity contribution in [2.45, 2.75) is 5.92 Å². The van der Waals surface area contributed by atoms with Gasteiger partial charge in [-0.15, -0.1) is 0 Å². The van der Waals surface area contributed by atoms with Gasteiger partial charge in [0.05, 0.1) is 0 Å². The van der Waals surface area contributed by atoms with Crippen LogP contribution >= 0.6 is 0 Å². The van der Waals surface area contributed by atoms with Crippen LogP contribution in [0.3, 0.4) is 0 Å². The fourth-order valence-corrected chi connectivity index (χ4v) is 8.74. The van der Waals surface area contributed by atoms with Crippen molar-refractivity contribution in [3.05, 3.63) is 205 Å². The average Bonchev–Trinajstić information content (AvgIpc) is 3.59. The molecular formula is C52H35NO. The van der Waals surface area contributed by atoms with Gasteiger partial charge < -0.3 is 9.32 Å². The van der Waals surface area contributed by atoms with Crippen molar-refractivity contribution in [3.63, 3.8) is 0 Å². The summed E-state index contributed by atoms with van der Waals surface area (Å²) in [6.45, 7) is 0. The Bertz CT molecular complexity index is 2980. The maximum atomic E-state index is 6.56. The number of fused-ring (bicyclic) bond motifs is 9. The predicted molar refractivity (Wildman–Crippen MR) is 228 cm³/mol. The highest BCUT2D eigenvalue weighted by atomic mass is 16.3. The summed E-state index contributed by atoms with van der Waals surface area (Å²) in [5.74, 6) is 0.767. The summed E-state index contributed by atoms with van der Waals surface area (Å²) in [6.07, 6.45) is 13.7. The van der Waals surface area contributed by atoms with Crippen LogP contribution in [0.15, 0.2) is 199 Å². The van der Waals surface area contributed by atoms with Gasteiger partial charge in [0.2, 0.25) is 0 Å². The molecule has 254 valence electrons. The van der Waals surface area contributed by atoms with E-state index in [-0.39, 0.29) is 0 Å². The molecule has 0 amide bonds. The Kier molecular flexibility index (Phi) is 7.03. The van der Waals surface area contributed by atoms with E-state index >= 15 is 0 Å². The monoisotopic (exact) mass is 689 g/mol. The Hall–Kier alpha value is -6.90. The largest absolute Gasteiger partial charge is 0.456 e. The minimum absolute atomic E-state index is 0.362. The Morgan fingerprint density at radius 3 is 1.85 bits per heavy atom. The predicted octanol–water partition coefficient (Wildman–Crippen LogP) is 14.5. The first-order valence-corrected chi connectivity index (χ1v) is 18.8. The molecule has 0 saturated carbocycles. The molecule has 2 aliphatic carbocycles. The second-order valence-corrected chi connectivity index (χ2v) is 14.5. The lowest BCUT2D eigenvalue weighted by molar-refractivity contribution is 0.669. The van der Waals surface area contributed by atoms with E-state index in [2.05, 4.69) is 205 Å². The van der Waals surface area contributed by atoms with Crippen LogP contribution in [-0.4, -0.2) is 0 Å². The molecule has 8 aromatic carbocycles. The molecule has 9 aromatic rings. The van der Waals surface area contributed by atoms with Gasteiger partial charge in [0.15, 0.2) is 0 Å². The smallest absolute Gasteiger partial charge is 0.137 e. The quantitative estimate of drug-likeness (QED) is 0.179. The zero-order valence-electron chi connectivity index (χ0n) is 29.6. The number of benzene rings is 8. The number of rotatable bonds is 5. The van der Waals surface area contributed by atoms with E-state index in [1.165, 1.54) is 54.9 Å². The molecule has 2 unspecified atom stereocenters. The standard InChI is InChI=1S/C52H35NO/c1-2-10-34(11-3-1)35-20-24-41(25-21-35)53(43-28-29-46-49-30-38-13-4-5-14-39(38)32-50(49)54-51(46)33-43)42-26-22-37(23-27-42)48-31-40-19-18-36-12-6-7-15-44(36)52(40)47-17-9-8-16-45(47)48/h1-33,36,44H. The first kappa shape index (κ1) is 30.7. The van der Waals surface area contributed by atoms with Crippen LogP contribution in [0.2, 0.25) is 0 Å². The molecule has 0 bridgehead atoms. The lowest BCUT2D eigenvalue weighted by Gasteiger charge is -2.30.